The first-order chi connectivity index (χ1) is 7.59. The standard InChI is InChI=1S/C13H17BrFN/c1-13(15,8-10-6-7-16-9-10)11-4-2-3-5-12(11)14/h2-5,10,16H,6-9H2,1H3. The van der Waals surface area contributed by atoms with Crippen molar-refractivity contribution in [1.29, 1.82) is 0 Å². The van der Waals surface area contributed by atoms with Crippen molar-refractivity contribution in [3.63, 3.8) is 0 Å². The molecule has 1 aromatic rings. The monoisotopic (exact) mass is 285 g/mol. The largest absolute Gasteiger partial charge is 0.316 e. The highest BCUT2D eigenvalue weighted by atomic mass is 79.9. The number of hydrogen-bond acceptors (Lipinski definition) is 1. The van der Waals surface area contributed by atoms with E-state index in [4.69, 9.17) is 0 Å². The van der Waals surface area contributed by atoms with Crippen LogP contribution >= 0.6 is 15.9 Å². The van der Waals surface area contributed by atoms with E-state index in [1.807, 2.05) is 24.3 Å². The van der Waals surface area contributed by atoms with Crippen molar-refractivity contribution in [2.75, 3.05) is 13.1 Å². The van der Waals surface area contributed by atoms with Crippen LogP contribution in [0.3, 0.4) is 0 Å². The van der Waals surface area contributed by atoms with Gasteiger partial charge in [-0.1, -0.05) is 34.1 Å². The molecular weight excluding hydrogens is 269 g/mol. The van der Waals surface area contributed by atoms with E-state index < -0.39 is 5.67 Å². The smallest absolute Gasteiger partial charge is 0.134 e. The first kappa shape index (κ1) is 12.1. The fraction of sp³-hybridized carbons (Fsp3) is 0.538. The molecule has 1 saturated heterocycles. The van der Waals surface area contributed by atoms with Crippen LogP contribution in [0.1, 0.15) is 25.3 Å². The van der Waals surface area contributed by atoms with Crippen molar-refractivity contribution < 1.29 is 4.39 Å². The van der Waals surface area contributed by atoms with Crippen molar-refractivity contribution >= 4 is 15.9 Å². The summed E-state index contributed by atoms with van der Waals surface area (Å²) in [5.74, 6) is 0.460. The normalized spacial score (nSPS) is 24.3. The Morgan fingerprint density at radius 2 is 2.25 bits per heavy atom. The molecule has 1 aliphatic rings. The summed E-state index contributed by atoms with van der Waals surface area (Å²) in [7, 11) is 0. The molecule has 2 unspecified atom stereocenters. The molecule has 3 heteroatoms. The van der Waals surface area contributed by atoms with Gasteiger partial charge in [-0.25, -0.2) is 4.39 Å². The van der Waals surface area contributed by atoms with Gasteiger partial charge < -0.3 is 5.32 Å². The average molecular weight is 286 g/mol. The van der Waals surface area contributed by atoms with Crippen LogP contribution in [0.2, 0.25) is 0 Å². The third kappa shape index (κ3) is 2.64. The Balaban J connectivity index is 2.14. The van der Waals surface area contributed by atoms with Crippen molar-refractivity contribution in [1.82, 2.24) is 5.32 Å². The average Bonchev–Trinajstić information content (AvgIpc) is 2.70. The molecule has 1 aliphatic heterocycles. The van der Waals surface area contributed by atoms with E-state index in [9.17, 15) is 4.39 Å². The van der Waals surface area contributed by atoms with Gasteiger partial charge in [0.1, 0.15) is 5.67 Å². The molecule has 88 valence electrons. The molecule has 0 radical (unpaired) electrons. The summed E-state index contributed by atoms with van der Waals surface area (Å²) in [5, 5.41) is 3.28. The van der Waals surface area contributed by atoms with Crippen molar-refractivity contribution in [2.45, 2.75) is 25.4 Å². The molecule has 0 aromatic heterocycles. The molecule has 0 bridgehead atoms. The van der Waals surface area contributed by atoms with E-state index >= 15 is 0 Å². The zero-order valence-electron chi connectivity index (χ0n) is 9.47. The minimum atomic E-state index is -1.24. The fourth-order valence-electron chi connectivity index (χ4n) is 2.42. The van der Waals surface area contributed by atoms with E-state index in [1.165, 1.54) is 0 Å². The third-order valence-electron chi connectivity index (χ3n) is 3.27. The van der Waals surface area contributed by atoms with Crippen LogP contribution in [-0.2, 0) is 5.67 Å². The maximum Gasteiger partial charge on any atom is 0.134 e. The van der Waals surface area contributed by atoms with Gasteiger partial charge in [-0.2, -0.15) is 0 Å². The van der Waals surface area contributed by atoms with Crippen LogP contribution in [0.25, 0.3) is 0 Å². The van der Waals surface area contributed by atoms with Gasteiger partial charge in [-0.15, -0.1) is 0 Å². The van der Waals surface area contributed by atoms with Crippen molar-refractivity contribution in [2.24, 2.45) is 5.92 Å². The molecule has 1 heterocycles. The number of alkyl halides is 1. The van der Waals surface area contributed by atoms with Crippen LogP contribution in [-0.4, -0.2) is 13.1 Å². The first-order valence-corrected chi connectivity index (χ1v) is 6.53. The lowest BCUT2D eigenvalue weighted by atomic mass is 9.87. The van der Waals surface area contributed by atoms with E-state index in [0.717, 1.165) is 29.5 Å². The quantitative estimate of drug-likeness (QED) is 0.894. The Kier molecular flexibility index (Phi) is 3.65. The van der Waals surface area contributed by atoms with Crippen LogP contribution in [0.5, 0.6) is 0 Å². The molecule has 16 heavy (non-hydrogen) atoms. The zero-order chi connectivity index (χ0) is 11.6. The van der Waals surface area contributed by atoms with Gasteiger partial charge in [0.25, 0.3) is 0 Å². The molecule has 1 N–H and O–H groups in total. The predicted molar refractivity (Wildman–Crippen MR) is 68.2 cm³/mol. The van der Waals surface area contributed by atoms with Gasteiger partial charge in [0.2, 0.25) is 0 Å². The lowest BCUT2D eigenvalue weighted by molar-refractivity contribution is 0.149. The fourth-order valence-corrected chi connectivity index (χ4v) is 3.12. The van der Waals surface area contributed by atoms with E-state index in [-0.39, 0.29) is 0 Å². The second kappa shape index (κ2) is 4.84. The molecule has 1 nitrogen and oxygen atoms in total. The highest BCUT2D eigenvalue weighted by Crippen LogP contribution is 2.37. The third-order valence-corrected chi connectivity index (χ3v) is 3.96. The maximum absolute atomic E-state index is 14.7. The van der Waals surface area contributed by atoms with Gasteiger partial charge in [0, 0.05) is 10.0 Å². The first-order valence-electron chi connectivity index (χ1n) is 5.74. The number of nitrogens with one attached hydrogen (secondary N) is 1. The molecular formula is C13H17BrFN. The summed E-state index contributed by atoms with van der Waals surface area (Å²) >= 11 is 3.43. The number of rotatable bonds is 3. The highest BCUT2D eigenvalue weighted by Gasteiger charge is 2.32. The summed E-state index contributed by atoms with van der Waals surface area (Å²) in [6, 6.07) is 7.58. The number of hydrogen-bond donors (Lipinski definition) is 1. The minimum Gasteiger partial charge on any atom is -0.316 e. The maximum atomic E-state index is 14.7. The second-order valence-corrected chi connectivity index (χ2v) is 5.59. The molecule has 1 aromatic carbocycles. The molecule has 0 aliphatic carbocycles. The SMILES string of the molecule is CC(F)(CC1CCNC1)c1ccccc1Br. The van der Waals surface area contributed by atoms with E-state index in [0.29, 0.717) is 12.3 Å². The Morgan fingerprint density at radius 1 is 1.50 bits per heavy atom. The van der Waals surface area contributed by atoms with Gasteiger partial charge in [0.05, 0.1) is 0 Å². The molecule has 2 atom stereocenters. The molecule has 0 amide bonds. The van der Waals surface area contributed by atoms with Crippen molar-refractivity contribution in [3.05, 3.63) is 34.3 Å². The van der Waals surface area contributed by atoms with E-state index in [1.54, 1.807) is 6.92 Å². The van der Waals surface area contributed by atoms with Crippen LogP contribution in [0, 0.1) is 5.92 Å². The lowest BCUT2D eigenvalue weighted by Gasteiger charge is -2.25. The van der Waals surface area contributed by atoms with Gasteiger partial charge >= 0.3 is 0 Å². The summed E-state index contributed by atoms with van der Waals surface area (Å²) in [4.78, 5) is 0. The van der Waals surface area contributed by atoms with Crippen LogP contribution in [0.4, 0.5) is 4.39 Å². The van der Waals surface area contributed by atoms with Crippen molar-refractivity contribution in [3.8, 4) is 0 Å². The molecule has 1 fully saturated rings. The van der Waals surface area contributed by atoms with Crippen LogP contribution in [0.15, 0.2) is 28.7 Å². The van der Waals surface area contributed by atoms with E-state index in [2.05, 4.69) is 21.2 Å². The molecule has 0 saturated carbocycles. The lowest BCUT2D eigenvalue weighted by Crippen LogP contribution is -2.22. The highest BCUT2D eigenvalue weighted by molar-refractivity contribution is 9.10. The molecule has 2 rings (SSSR count). The summed E-state index contributed by atoms with van der Waals surface area (Å²) in [5.41, 5.74) is -0.474. The predicted octanol–water partition coefficient (Wildman–Crippen LogP) is 3.63. The molecule has 0 spiro atoms. The Hall–Kier alpha value is -0.410. The number of benzene rings is 1. The summed E-state index contributed by atoms with van der Waals surface area (Å²) in [6.45, 7) is 3.66. The second-order valence-electron chi connectivity index (χ2n) is 4.74. The van der Waals surface area contributed by atoms with Gasteiger partial charge in [-0.3, -0.25) is 0 Å². The number of halogens is 2. The minimum absolute atomic E-state index is 0.460. The van der Waals surface area contributed by atoms with Crippen LogP contribution < -0.4 is 5.32 Å². The summed E-state index contributed by atoms with van der Waals surface area (Å²) in [6.07, 6.45) is 1.69. The Morgan fingerprint density at radius 3 is 2.88 bits per heavy atom. The Bertz CT molecular complexity index is 359. The Labute approximate surface area is 105 Å². The van der Waals surface area contributed by atoms with Gasteiger partial charge in [0.15, 0.2) is 0 Å². The van der Waals surface area contributed by atoms with Gasteiger partial charge in [-0.05, 0) is 44.8 Å². The topological polar surface area (TPSA) is 12.0 Å². The summed E-state index contributed by atoms with van der Waals surface area (Å²) < 4.78 is 15.5. The zero-order valence-corrected chi connectivity index (χ0v) is 11.1.